The molecule has 3 aliphatic heterocycles. The molecule has 0 aromatic carbocycles. The van der Waals surface area contributed by atoms with Gasteiger partial charge in [-0.1, -0.05) is 0 Å². The van der Waals surface area contributed by atoms with Gasteiger partial charge < -0.3 is 33.5 Å². The fourth-order valence-corrected chi connectivity index (χ4v) is 7.14. The molecule has 300 valence electrons. The van der Waals surface area contributed by atoms with Crippen LogP contribution >= 0.6 is 0 Å². The highest BCUT2D eigenvalue weighted by molar-refractivity contribution is 5.69. The van der Waals surface area contributed by atoms with Crippen LogP contribution in [0.2, 0.25) is 0 Å². The Hall–Kier alpha value is -4.70. The summed E-state index contributed by atoms with van der Waals surface area (Å²) in [4.78, 5) is 40.5. The Balaban J connectivity index is 0.000000193. The number of aromatic nitrogens is 6. The predicted octanol–water partition coefficient (Wildman–Crippen LogP) is 5.54. The second-order valence-corrected chi connectivity index (χ2v) is 16.4. The minimum absolute atomic E-state index is 0.131. The summed E-state index contributed by atoms with van der Waals surface area (Å²) in [5.74, 6) is 1.60. The van der Waals surface area contributed by atoms with Gasteiger partial charge in [-0.15, -0.1) is 0 Å². The highest BCUT2D eigenvalue weighted by Crippen LogP contribution is 2.31. The number of hydrogen-bond acceptors (Lipinski definition) is 12. The lowest BCUT2D eigenvalue weighted by Gasteiger charge is -2.34. The van der Waals surface area contributed by atoms with Crippen molar-refractivity contribution in [2.24, 2.45) is 0 Å². The molecule has 4 aromatic rings. The average Bonchev–Trinajstić information content (AvgIpc) is 3.81. The topological polar surface area (TPSA) is 150 Å². The van der Waals surface area contributed by atoms with E-state index in [0.29, 0.717) is 31.4 Å². The summed E-state index contributed by atoms with van der Waals surface area (Å²) < 4.78 is 31.0. The predicted molar refractivity (Wildman–Crippen MR) is 205 cm³/mol. The first kappa shape index (κ1) is 40.0. The molecule has 0 bridgehead atoms. The number of ether oxygens (including phenoxy) is 5. The Morgan fingerprint density at radius 3 is 1.85 bits per heavy atom. The fourth-order valence-electron chi connectivity index (χ4n) is 7.14. The molecule has 0 N–H and O–H groups in total. The van der Waals surface area contributed by atoms with Crippen LogP contribution in [-0.2, 0) is 20.8 Å². The molecule has 16 nitrogen and oxygen atoms in total. The Morgan fingerprint density at radius 1 is 0.764 bits per heavy atom. The number of piperidine rings is 2. The number of carbonyl (C=O) groups excluding carboxylic acids is 2. The zero-order chi connectivity index (χ0) is 39.3. The second-order valence-electron chi connectivity index (χ2n) is 16.4. The van der Waals surface area contributed by atoms with Gasteiger partial charge in [0, 0.05) is 81.4 Å². The molecule has 55 heavy (non-hydrogen) atoms. The second kappa shape index (κ2) is 17.0. The van der Waals surface area contributed by atoms with Crippen molar-refractivity contribution in [1.82, 2.24) is 43.9 Å². The van der Waals surface area contributed by atoms with Crippen molar-refractivity contribution in [1.29, 1.82) is 0 Å². The smallest absolute Gasteiger partial charge is 0.410 e. The number of morpholine rings is 1. The summed E-state index contributed by atoms with van der Waals surface area (Å²) >= 11 is 0. The molecule has 2 unspecified atom stereocenters. The third-order valence-corrected chi connectivity index (χ3v) is 9.78. The van der Waals surface area contributed by atoms with Crippen LogP contribution in [-0.4, -0.2) is 134 Å². The van der Waals surface area contributed by atoms with Gasteiger partial charge in [-0.25, -0.2) is 19.6 Å². The van der Waals surface area contributed by atoms with Crippen LogP contribution in [0.5, 0.6) is 11.8 Å². The summed E-state index contributed by atoms with van der Waals surface area (Å²) in [6.45, 7) is 18.0. The molecule has 3 fully saturated rings. The first-order valence-electron chi connectivity index (χ1n) is 19.3. The van der Waals surface area contributed by atoms with Gasteiger partial charge >= 0.3 is 12.2 Å². The summed E-state index contributed by atoms with van der Waals surface area (Å²) in [5, 5.41) is 8.72. The van der Waals surface area contributed by atoms with Gasteiger partial charge in [0.25, 0.3) is 0 Å². The molecule has 7 rings (SSSR count). The van der Waals surface area contributed by atoms with Crippen LogP contribution in [0.25, 0.3) is 11.3 Å². The normalized spacial score (nSPS) is 19.9. The van der Waals surface area contributed by atoms with Gasteiger partial charge in [0.2, 0.25) is 11.8 Å². The number of rotatable bonds is 6. The Labute approximate surface area is 323 Å². The van der Waals surface area contributed by atoms with Gasteiger partial charge in [0.05, 0.1) is 51.2 Å². The average molecular weight is 764 g/mol. The molecule has 7 heterocycles. The molecule has 3 saturated heterocycles. The molecule has 16 heteroatoms. The molecule has 0 saturated carbocycles. The van der Waals surface area contributed by atoms with Crippen LogP contribution in [0.3, 0.4) is 0 Å². The maximum Gasteiger partial charge on any atom is 0.410 e. The van der Waals surface area contributed by atoms with E-state index in [-0.39, 0.29) is 24.0 Å². The number of carbonyl (C=O) groups is 2. The minimum Gasteiger partial charge on any atom is -0.481 e. The standard InChI is InChI=1S/C22H33N5O4.C17H24N4O3/c1-22(2,3)31-21(28)26-7-5-6-16(15-26)18-12-19(29-4)27-20(24-18)17(13-23-27)14-25-8-10-30-11-9-25;1-17(2,3)24-16(22)20-9-5-6-12(11-20)13-10-15(23-4)21-14(19-13)7-8-18-21/h12-13,16H,5-11,14-15H2,1-4H3;7-8,10,12H,5-6,9,11H2,1-4H3. The molecule has 0 spiro atoms. The molecular weight excluding hydrogens is 706 g/mol. The number of methoxy groups -OCH3 is 2. The van der Waals surface area contributed by atoms with E-state index < -0.39 is 11.2 Å². The molecule has 0 aliphatic carbocycles. The molecule has 3 aliphatic rings. The van der Waals surface area contributed by atoms with E-state index in [1.807, 2.05) is 65.9 Å². The number of fused-ring (bicyclic) bond motifs is 2. The molecular formula is C39H57N9O7. The van der Waals surface area contributed by atoms with Gasteiger partial charge in [0.15, 0.2) is 11.3 Å². The third kappa shape index (κ3) is 10.1. The summed E-state index contributed by atoms with van der Waals surface area (Å²) in [6.07, 6.45) is 6.85. The van der Waals surface area contributed by atoms with Crippen LogP contribution in [0.4, 0.5) is 9.59 Å². The van der Waals surface area contributed by atoms with Crippen molar-refractivity contribution >= 4 is 23.5 Å². The quantitative estimate of drug-likeness (QED) is 0.243. The van der Waals surface area contributed by atoms with Crippen LogP contribution < -0.4 is 9.47 Å². The van der Waals surface area contributed by atoms with Gasteiger partial charge in [0.1, 0.15) is 11.2 Å². The summed E-state index contributed by atoms with van der Waals surface area (Å²) in [7, 11) is 3.27. The largest absolute Gasteiger partial charge is 0.481 e. The molecule has 0 radical (unpaired) electrons. The Kier molecular flexibility index (Phi) is 12.3. The van der Waals surface area contributed by atoms with E-state index >= 15 is 0 Å². The van der Waals surface area contributed by atoms with E-state index in [1.165, 1.54) is 0 Å². The summed E-state index contributed by atoms with van der Waals surface area (Å²) in [5.41, 5.74) is 3.50. The van der Waals surface area contributed by atoms with Crippen molar-refractivity contribution in [3.8, 4) is 11.8 Å². The molecule has 2 atom stereocenters. The Bertz CT molecular complexity index is 1930. The molecule has 4 aromatic heterocycles. The van der Waals surface area contributed by atoms with Gasteiger partial charge in [-0.05, 0) is 67.2 Å². The SMILES string of the molecule is COc1cc(C2CCCN(C(=O)OC(C)(C)C)C2)nc2c(CN3CCOCC3)cnn12.COc1cc(C2CCCN(C(=O)OC(C)(C)C)C2)nc2ccnn12. The van der Waals surface area contributed by atoms with E-state index in [4.69, 9.17) is 28.7 Å². The highest BCUT2D eigenvalue weighted by Gasteiger charge is 2.31. The highest BCUT2D eigenvalue weighted by atomic mass is 16.6. The fraction of sp³-hybridized carbons (Fsp3) is 0.641. The first-order chi connectivity index (χ1) is 26.2. The first-order valence-corrected chi connectivity index (χ1v) is 19.3. The number of likely N-dealkylation sites (tertiary alicyclic amines) is 2. The lowest BCUT2D eigenvalue weighted by atomic mass is 9.94. The number of amides is 2. The van der Waals surface area contributed by atoms with Gasteiger partial charge in [-0.2, -0.15) is 19.2 Å². The minimum atomic E-state index is -0.504. The molecule has 2 amide bonds. The van der Waals surface area contributed by atoms with Gasteiger partial charge in [-0.3, -0.25) is 4.90 Å². The van der Waals surface area contributed by atoms with E-state index in [2.05, 4.69) is 20.1 Å². The van der Waals surface area contributed by atoms with Crippen molar-refractivity contribution in [2.45, 2.75) is 96.8 Å². The summed E-state index contributed by atoms with van der Waals surface area (Å²) in [6, 6.07) is 5.70. The number of nitrogens with zero attached hydrogens (tertiary/aromatic N) is 9. The van der Waals surface area contributed by atoms with E-state index in [0.717, 1.165) is 93.3 Å². The Morgan fingerprint density at radius 2 is 1.31 bits per heavy atom. The lowest BCUT2D eigenvalue weighted by molar-refractivity contribution is 0.0187. The van der Waals surface area contributed by atoms with Crippen LogP contribution in [0.15, 0.2) is 30.6 Å². The van der Waals surface area contributed by atoms with Crippen LogP contribution in [0.1, 0.15) is 96.0 Å². The lowest BCUT2D eigenvalue weighted by Crippen LogP contribution is -2.42. The van der Waals surface area contributed by atoms with Crippen molar-refractivity contribution < 1.29 is 33.3 Å². The van der Waals surface area contributed by atoms with E-state index in [9.17, 15) is 9.59 Å². The van der Waals surface area contributed by atoms with E-state index in [1.54, 1.807) is 39.2 Å². The van der Waals surface area contributed by atoms with Crippen molar-refractivity contribution in [3.63, 3.8) is 0 Å². The zero-order valence-corrected chi connectivity index (χ0v) is 33.6. The zero-order valence-electron chi connectivity index (χ0n) is 33.6. The third-order valence-electron chi connectivity index (χ3n) is 9.78. The maximum atomic E-state index is 12.6. The number of hydrogen-bond donors (Lipinski definition) is 0. The van der Waals surface area contributed by atoms with Crippen molar-refractivity contribution in [3.05, 3.63) is 47.5 Å². The van der Waals surface area contributed by atoms with Crippen molar-refractivity contribution in [2.75, 3.05) is 66.7 Å². The monoisotopic (exact) mass is 763 g/mol. The maximum absolute atomic E-state index is 12.6. The van der Waals surface area contributed by atoms with Crippen LogP contribution in [0, 0.1) is 0 Å².